The zero-order chi connectivity index (χ0) is 13.6. The quantitative estimate of drug-likeness (QED) is 0.719. The van der Waals surface area contributed by atoms with Gasteiger partial charge in [-0.2, -0.15) is 0 Å². The number of thiophene rings is 1. The average molecular weight is 274 g/mol. The molecule has 4 nitrogen and oxygen atoms in total. The normalized spacial score (nSPS) is 11.8. The van der Waals surface area contributed by atoms with Crippen LogP contribution < -0.4 is 5.63 Å². The molecule has 0 N–H and O–H groups in total. The van der Waals surface area contributed by atoms with Gasteiger partial charge in [-0.05, 0) is 24.5 Å². The minimum Gasteiger partial charge on any atom is -0.408 e. The molecule has 0 unspecified atom stereocenters. The SMILES string of the molecule is Cc1nc2c(sc3nc(CC(C)C)ccc32)c(=O)o1. The van der Waals surface area contributed by atoms with Gasteiger partial charge in [0.05, 0.1) is 0 Å². The maximum absolute atomic E-state index is 11.8. The maximum atomic E-state index is 11.8. The second kappa shape index (κ2) is 4.42. The standard InChI is InChI=1S/C14H14N2O2S/c1-7(2)6-9-4-5-10-11-12(19-13(10)16-9)14(17)18-8(3)15-11/h4-5,7H,6H2,1-3H3. The summed E-state index contributed by atoms with van der Waals surface area (Å²) in [5, 5.41) is 0.934. The molecule has 0 bridgehead atoms. The second-order valence-electron chi connectivity index (χ2n) is 5.05. The molecule has 3 rings (SSSR count). The smallest absolute Gasteiger partial charge is 0.357 e. The number of rotatable bonds is 2. The second-order valence-corrected chi connectivity index (χ2v) is 6.05. The Kier molecular flexibility index (Phi) is 2.86. The van der Waals surface area contributed by atoms with Crippen LogP contribution in [-0.4, -0.2) is 9.97 Å². The maximum Gasteiger partial charge on any atom is 0.357 e. The van der Waals surface area contributed by atoms with Crippen molar-refractivity contribution in [3.8, 4) is 0 Å². The van der Waals surface area contributed by atoms with Gasteiger partial charge in [0.1, 0.15) is 15.0 Å². The minimum absolute atomic E-state index is 0.323. The van der Waals surface area contributed by atoms with Gasteiger partial charge in [-0.3, -0.25) is 0 Å². The number of nitrogens with zero attached hydrogens (tertiary/aromatic N) is 2. The number of hydrogen-bond donors (Lipinski definition) is 0. The van der Waals surface area contributed by atoms with E-state index in [0.717, 1.165) is 22.3 Å². The Labute approximate surface area is 114 Å². The molecule has 0 amide bonds. The van der Waals surface area contributed by atoms with Gasteiger partial charge in [-0.15, -0.1) is 11.3 Å². The minimum atomic E-state index is -0.323. The number of pyridine rings is 1. The fraction of sp³-hybridized carbons (Fsp3) is 0.357. The fourth-order valence-electron chi connectivity index (χ4n) is 2.15. The van der Waals surface area contributed by atoms with E-state index >= 15 is 0 Å². The van der Waals surface area contributed by atoms with Crippen LogP contribution >= 0.6 is 11.3 Å². The van der Waals surface area contributed by atoms with Gasteiger partial charge in [-0.25, -0.2) is 14.8 Å². The van der Waals surface area contributed by atoms with E-state index < -0.39 is 0 Å². The Morgan fingerprint density at radius 3 is 2.84 bits per heavy atom. The molecule has 0 radical (unpaired) electrons. The first-order chi connectivity index (χ1) is 9.04. The third kappa shape index (κ3) is 2.14. The van der Waals surface area contributed by atoms with Crippen LogP contribution in [0, 0.1) is 12.8 Å². The summed E-state index contributed by atoms with van der Waals surface area (Å²) >= 11 is 1.36. The van der Waals surface area contributed by atoms with Crippen molar-refractivity contribution in [3.05, 3.63) is 34.1 Å². The fourth-order valence-corrected chi connectivity index (χ4v) is 3.15. The molecule has 3 heterocycles. The molecule has 3 aromatic heterocycles. The third-order valence-electron chi connectivity index (χ3n) is 2.90. The lowest BCUT2D eigenvalue weighted by Gasteiger charge is -2.03. The summed E-state index contributed by atoms with van der Waals surface area (Å²) < 4.78 is 5.58. The van der Waals surface area contributed by atoms with Crippen LogP contribution in [0.15, 0.2) is 21.3 Å². The zero-order valence-electron chi connectivity index (χ0n) is 11.1. The first-order valence-electron chi connectivity index (χ1n) is 6.24. The van der Waals surface area contributed by atoms with E-state index in [1.54, 1.807) is 6.92 Å². The Morgan fingerprint density at radius 2 is 2.11 bits per heavy atom. The van der Waals surface area contributed by atoms with Crippen LogP contribution in [0.25, 0.3) is 20.4 Å². The summed E-state index contributed by atoms with van der Waals surface area (Å²) in [6, 6.07) is 4.02. The van der Waals surface area contributed by atoms with Crippen molar-refractivity contribution < 1.29 is 4.42 Å². The van der Waals surface area contributed by atoms with Gasteiger partial charge in [0, 0.05) is 18.0 Å². The molecule has 0 fully saturated rings. The lowest BCUT2D eigenvalue weighted by atomic mass is 10.1. The van der Waals surface area contributed by atoms with Crippen LogP contribution in [0.4, 0.5) is 0 Å². The number of fused-ring (bicyclic) bond motifs is 3. The molecule has 0 aliphatic rings. The molecule has 0 aliphatic carbocycles. The molecule has 0 aliphatic heterocycles. The van der Waals surface area contributed by atoms with Gasteiger partial charge in [0.25, 0.3) is 0 Å². The Morgan fingerprint density at radius 1 is 1.32 bits per heavy atom. The van der Waals surface area contributed by atoms with E-state index in [4.69, 9.17) is 4.42 Å². The van der Waals surface area contributed by atoms with Crippen molar-refractivity contribution in [1.29, 1.82) is 0 Å². The van der Waals surface area contributed by atoms with Crippen molar-refractivity contribution in [3.63, 3.8) is 0 Å². The van der Waals surface area contributed by atoms with Crippen molar-refractivity contribution in [2.24, 2.45) is 5.92 Å². The van der Waals surface area contributed by atoms with Crippen molar-refractivity contribution in [2.45, 2.75) is 27.2 Å². The lowest BCUT2D eigenvalue weighted by molar-refractivity contribution is 0.468. The van der Waals surface area contributed by atoms with Crippen LogP contribution in [0.5, 0.6) is 0 Å². The molecule has 98 valence electrons. The Hall–Kier alpha value is -1.75. The summed E-state index contributed by atoms with van der Waals surface area (Å²) in [5.74, 6) is 0.952. The first-order valence-corrected chi connectivity index (χ1v) is 7.06. The molecule has 0 saturated heterocycles. The highest BCUT2D eigenvalue weighted by atomic mass is 32.1. The molecule has 0 aromatic carbocycles. The molecular formula is C14H14N2O2S. The van der Waals surface area contributed by atoms with E-state index in [0.29, 0.717) is 22.0 Å². The van der Waals surface area contributed by atoms with Gasteiger partial charge in [0.15, 0.2) is 5.89 Å². The van der Waals surface area contributed by atoms with Crippen LogP contribution in [0.2, 0.25) is 0 Å². The van der Waals surface area contributed by atoms with Crippen LogP contribution in [0.1, 0.15) is 25.4 Å². The third-order valence-corrected chi connectivity index (χ3v) is 3.97. The highest BCUT2D eigenvalue weighted by molar-refractivity contribution is 7.25. The van der Waals surface area contributed by atoms with Gasteiger partial charge >= 0.3 is 5.63 Å². The number of aromatic nitrogens is 2. The molecule has 0 saturated carbocycles. The molecule has 5 heteroatoms. The van der Waals surface area contributed by atoms with Gasteiger partial charge < -0.3 is 4.42 Å². The van der Waals surface area contributed by atoms with E-state index in [-0.39, 0.29) is 5.63 Å². The predicted molar refractivity (Wildman–Crippen MR) is 76.7 cm³/mol. The van der Waals surface area contributed by atoms with E-state index in [9.17, 15) is 4.79 Å². The van der Waals surface area contributed by atoms with E-state index in [1.165, 1.54) is 11.3 Å². The summed E-state index contributed by atoms with van der Waals surface area (Å²) in [6.45, 7) is 6.01. The molecule has 3 aromatic rings. The van der Waals surface area contributed by atoms with Gasteiger partial charge in [0.2, 0.25) is 0 Å². The van der Waals surface area contributed by atoms with Crippen molar-refractivity contribution >= 4 is 31.8 Å². The average Bonchev–Trinajstić information content (AvgIpc) is 2.66. The highest BCUT2D eigenvalue weighted by Crippen LogP contribution is 2.29. The molecule has 0 spiro atoms. The van der Waals surface area contributed by atoms with E-state index in [2.05, 4.69) is 23.8 Å². The largest absolute Gasteiger partial charge is 0.408 e. The summed E-state index contributed by atoms with van der Waals surface area (Å²) in [6.07, 6.45) is 0.936. The lowest BCUT2D eigenvalue weighted by Crippen LogP contribution is -1.99. The Bertz CT molecular complexity index is 817. The Balaban J connectivity index is 2.28. The van der Waals surface area contributed by atoms with Crippen LogP contribution in [0.3, 0.4) is 0 Å². The first kappa shape index (κ1) is 12.3. The van der Waals surface area contributed by atoms with Crippen LogP contribution in [-0.2, 0) is 6.42 Å². The van der Waals surface area contributed by atoms with E-state index in [1.807, 2.05) is 12.1 Å². The predicted octanol–water partition coefficient (Wildman–Crippen LogP) is 3.30. The summed E-state index contributed by atoms with van der Waals surface area (Å²) in [4.78, 5) is 21.6. The van der Waals surface area contributed by atoms with Crippen molar-refractivity contribution in [1.82, 2.24) is 9.97 Å². The van der Waals surface area contributed by atoms with Crippen molar-refractivity contribution in [2.75, 3.05) is 0 Å². The number of aryl methyl sites for hydroxylation is 1. The zero-order valence-corrected chi connectivity index (χ0v) is 11.9. The molecule has 19 heavy (non-hydrogen) atoms. The topological polar surface area (TPSA) is 56.0 Å². The summed E-state index contributed by atoms with van der Waals surface area (Å²) in [5.41, 5.74) is 1.43. The molecule has 0 atom stereocenters. The highest BCUT2D eigenvalue weighted by Gasteiger charge is 2.13. The monoisotopic (exact) mass is 274 g/mol. The number of hydrogen-bond acceptors (Lipinski definition) is 5. The van der Waals surface area contributed by atoms with Gasteiger partial charge in [-0.1, -0.05) is 13.8 Å². The summed E-state index contributed by atoms with van der Waals surface area (Å²) in [7, 11) is 0. The molecular weight excluding hydrogens is 260 g/mol.